The van der Waals surface area contributed by atoms with Gasteiger partial charge in [-0.1, -0.05) is 0 Å². The van der Waals surface area contributed by atoms with Crippen LogP contribution in [0, 0.1) is 0 Å². The molecule has 1 fully saturated rings. The first-order valence-corrected chi connectivity index (χ1v) is 6.74. The normalized spacial score (nSPS) is 16.2. The van der Waals surface area contributed by atoms with Gasteiger partial charge in [-0.15, -0.1) is 0 Å². The smallest absolute Gasteiger partial charge is 0.328 e. The van der Waals surface area contributed by atoms with Crippen molar-refractivity contribution in [3.8, 4) is 0 Å². The van der Waals surface area contributed by atoms with Crippen LogP contribution in [-0.4, -0.2) is 40.3 Å². The summed E-state index contributed by atoms with van der Waals surface area (Å²) in [4.78, 5) is 19.0. The van der Waals surface area contributed by atoms with Crippen LogP contribution in [0.25, 0.3) is 11.0 Å². The van der Waals surface area contributed by atoms with Gasteiger partial charge in [0.15, 0.2) is 5.82 Å². The highest BCUT2D eigenvalue weighted by Gasteiger charge is 2.19. The van der Waals surface area contributed by atoms with Crippen LogP contribution in [0.15, 0.2) is 17.1 Å². The SMILES string of the molecule is CCn1c(=O)n(C)c2ccnc(N3CCNCC3)c21. The second-order valence-electron chi connectivity index (χ2n) is 4.83. The van der Waals surface area contributed by atoms with Crippen molar-refractivity contribution in [3.63, 3.8) is 0 Å². The van der Waals surface area contributed by atoms with E-state index in [0.717, 1.165) is 43.0 Å². The number of rotatable bonds is 2. The molecular formula is C13H19N5O. The summed E-state index contributed by atoms with van der Waals surface area (Å²) in [6.07, 6.45) is 1.79. The van der Waals surface area contributed by atoms with Crippen molar-refractivity contribution in [1.82, 2.24) is 19.4 Å². The average molecular weight is 261 g/mol. The molecule has 2 aromatic heterocycles. The van der Waals surface area contributed by atoms with Crippen LogP contribution in [0.2, 0.25) is 0 Å². The Labute approximate surface area is 111 Å². The van der Waals surface area contributed by atoms with Gasteiger partial charge in [0, 0.05) is 46.0 Å². The Morgan fingerprint density at radius 2 is 2.11 bits per heavy atom. The number of aromatic nitrogens is 3. The molecule has 6 nitrogen and oxygen atoms in total. The summed E-state index contributed by atoms with van der Waals surface area (Å²) in [6, 6.07) is 1.91. The third-order valence-electron chi connectivity index (χ3n) is 3.77. The topological polar surface area (TPSA) is 55.1 Å². The first-order chi connectivity index (χ1) is 9.24. The third kappa shape index (κ3) is 1.83. The van der Waals surface area contributed by atoms with Gasteiger partial charge < -0.3 is 10.2 Å². The van der Waals surface area contributed by atoms with E-state index in [2.05, 4.69) is 15.2 Å². The van der Waals surface area contributed by atoms with Gasteiger partial charge in [-0.3, -0.25) is 9.13 Å². The second-order valence-corrected chi connectivity index (χ2v) is 4.83. The maximum Gasteiger partial charge on any atom is 0.328 e. The number of piperazine rings is 1. The lowest BCUT2D eigenvalue weighted by atomic mass is 10.3. The Morgan fingerprint density at radius 3 is 2.79 bits per heavy atom. The van der Waals surface area contributed by atoms with Crippen molar-refractivity contribution >= 4 is 16.9 Å². The predicted molar refractivity (Wildman–Crippen MR) is 75.7 cm³/mol. The first-order valence-electron chi connectivity index (χ1n) is 6.74. The number of anilines is 1. The van der Waals surface area contributed by atoms with Crippen molar-refractivity contribution in [1.29, 1.82) is 0 Å². The van der Waals surface area contributed by atoms with Crippen LogP contribution >= 0.6 is 0 Å². The minimum absolute atomic E-state index is 0.0295. The predicted octanol–water partition coefficient (Wildman–Crippen LogP) is 0.165. The molecule has 0 saturated carbocycles. The molecule has 1 aliphatic rings. The Hall–Kier alpha value is -1.82. The molecule has 2 aromatic rings. The molecular weight excluding hydrogens is 242 g/mol. The second kappa shape index (κ2) is 4.70. The van der Waals surface area contributed by atoms with Gasteiger partial charge in [-0.2, -0.15) is 0 Å². The largest absolute Gasteiger partial charge is 0.352 e. The fourth-order valence-electron chi connectivity index (χ4n) is 2.74. The molecule has 1 N–H and O–H groups in total. The molecule has 0 spiro atoms. The van der Waals surface area contributed by atoms with Crippen LogP contribution in [0.5, 0.6) is 0 Å². The summed E-state index contributed by atoms with van der Waals surface area (Å²) in [7, 11) is 1.82. The van der Waals surface area contributed by atoms with Gasteiger partial charge in [0.1, 0.15) is 5.52 Å². The van der Waals surface area contributed by atoms with E-state index in [1.54, 1.807) is 15.3 Å². The van der Waals surface area contributed by atoms with E-state index in [9.17, 15) is 4.79 Å². The number of imidazole rings is 1. The monoisotopic (exact) mass is 261 g/mol. The maximum atomic E-state index is 12.2. The summed E-state index contributed by atoms with van der Waals surface area (Å²) in [5.41, 5.74) is 1.94. The van der Waals surface area contributed by atoms with Gasteiger partial charge in [0.05, 0.1) is 5.52 Å². The Kier molecular flexibility index (Phi) is 3.02. The molecule has 102 valence electrons. The zero-order chi connectivity index (χ0) is 13.4. The van der Waals surface area contributed by atoms with Crippen LogP contribution in [0.1, 0.15) is 6.92 Å². The zero-order valence-electron chi connectivity index (χ0n) is 11.4. The van der Waals surface area contributed by atoms with E-state index in [1.165, 1.54) is 0 Å². The number of nitrogens with one attached hydrogen (secondary N) is 1. The highest BCUT2D eigenvalue weighted by molar-refractivity contribution is 5.87. The number of hydrogen-bond donors (Lipinski definition) is 1. The van der Waals surface area contributed by atoms with Crippen molar-refractivity contribution in [2.24, 2.45) is 7.05 Å². The van der Waals surface area contributed by atoms with E-state index in [1.807, 2.05) is 20.0 Å². The fourth-order valence-corrected chi connectivity index (χ4v) is 2.74. The Balaban J connectivity index is 2.24. The number of pyridine rings is 1. The summed E-state index contributed by atoms with van der Waals surface area (Å²) in [5.74, 6) is 0.929. The third-order valence-corrected chi connectivity index (χ3v) is 3.77. The van der Waals surface area contributed by atoms with Crippen LogP contribution in [0.4, 0.5) is 5.82 Å². The summed E-state index contributed by atoms with van der Waals surface area (Å²) < 4.78 is 3.51. The van der Waals surface area contributed by atoms with Gasteiger partial charge in [-0.05, 0) is 13.0 Å². The maximum absolute atomic E-state index is 12.2. The summed E-state index contributed by atoms with van der Waals surface area (Å²) in [6.45, 7) is 6.44. The molecule has 0 aliphatic carbocycles. The molecule has 6 heteroatoms. The van der Waals surface area contributed by atoms with Crippen molar-refractivity contribution in [2.75, 3.05) is 31.1 Å². The number of nitrogens with zero attached hydrogens (tertiary/aromatic N) is 4. The highest BCUT2D eigenvalue weighted by atomic mass is 16.1. The Morgan fingerprint density at radius 1 is 1.37 bits per heavy atom. The van der Waals surface area contributed by atoms with E-state index in [0.29, 0.717) is 6.54 Å². The fraction of sp³-hybridized carbons (Fsp3) is 0.538. The lowest BCUT2D eigenvalue weighted by Gasteiger charge is -2.29. The van der Waals surface area contributed by atoms with E-state index in [4.69, 9.17) is 0 Å². The molecule has 0 atom stereocenters. The average Bonchev–Trinajstić information content (AvgIpc) is 2.72. The number of hydrogen-bond acceptors (Lipinski definition) is 4. The number of fused-ring (bicyclic) bond motifs is 1. The quantitative estimate of drug-likeness (QED) is 0.837. The van der Waals surface area contributed by atoms with E-state index < -0.39 is 0 Å². The van der Waals surface area contributed by atoms with Crippen molar-refractivity contribution in [3.05, 3.63) is 22.7 Å². The van der Waals surface area contributed by atoms with Gasteiger partial charge in [0.2, 0.25) is 0 Å². The van der Waals surface area contributed by atoms with Gasteiger partial charge >= 0.3 is 5.69 Å². The molecule has 19 heavy (non-hydrogen) atoms. The minimum Gasteiger partial charge on any atom is -0.352 e. The summed E-state index contributed by atoms with van der Waals surface area (Å²) in [5, 5.41) is 3.33. The van der Waals surface area contributed by atoms with Crippen molar-refractivity contribution < 1.29 is 0 Å². The molecule has 0 unspecified atom stereocenters. The molecule has 1 saturated heterocycles. The van der Waals surface area contributed by atoms with Crippen LogP contribution in [-0.2, 0) is 13.6 Å². The lowest BCUT2D eigenvalue weighted by Crippen LogP contribution is -2.44. The van der Waals surface area contributed by atoms with Gasteiger partial charge in [-0.25, -0.2) is 9.78 Å². The first kappa shape index (κ1) is 12.2. The Bertz CT molecular complexity index is 651. The zero-order valence-corrected chi connectivity index (χ0v) is 11.4. The van der Waals surface area contributed by atoms with E-state index in [-0.39, 0.29) is 5.69 Å². The van der Waals surface area contributed by atoms with E-state index >= 15 is 0 Å². The molecule has 3 heterocycles. The standard InChI is InChI=1S/C13H19N5O/c1-3-18-11-10(16(2)13(18)19)4-5-15-12(11)17-8-6-14-7-9-17/h4-5,14H,3,6-9H2,1-2H3. The summed E-state index contributed by atoms with van der Waals surface area (Å²) >= 11 is 0. The molecule has 0 radical (unpaired) electrons. The van der Waals surface area contributed by atoms with Crippen molar-refractivity contribution in [2.45, 2.75) is 13.5 Å². The molecule has 0 amide bonds. The van der Waals surface area contributed by atoms with Gasteiger partial charge in [0.25, 0.3) is 0 Å². The van der Waals surface area contributed by atoms with Crippen LogP contribution in [0.3, 0.4) is 0 Å². The highest BCUT2D eigenvalue weighted by Crippen LogP contribution is 2.23. The molecule has 0 aromatic carbocycles. The minimum atomic E-state index is 0.0295. The molecule has 1 aliphatic heterocycles. The van der Waals surface area contributed by atoms with Crippen LogP contribution < -0.4 is 15.9 Å². The molecule has 3 rings (SSSR count). The lowest BCUT2D eigenvalue weighted by molar-refractivity contribution is 0.585. The molecule has 0 bridgehead atoms. The number of aryl methyl sites for hydroxylation is 2.